The third kappa shape index (κ3) is 3.17. The predicted molar refractivity (Wildman–Crippen MR) is 71.1 cm³/mol. The Kier molecular flexibility index (Phi) is 4.77. The number of sulfone groups is 1. The molecule has 0 bridgehead atoms. The van der Waals surface area contributed by atoms with Gasteiger partial charge in [-0.25, -0.2) is 13.2 Å². The molecule has 1 aromatic rings. The summed E-state index contributed by atoms with van der Waals surface area (Å²) in [5.74, 6) is -0.566. The Morgan fingerprint density at radius 1 is 1.32 bits per heavy atom. The molecular formula is C12H17NO5S. The molecule has 1 aromatic carbocycles. The third-order valence-corrected chi connectivity index (χ3v) is 4.33. The summed E-state index contributed by atoms with van der Waals surface area (Å²) in [5, 5.41) is 0. The second kappa shape index (κ2) is 5.92. The minimum atomic E-state index is -3.51. The molecule has 19 heavy (non-hydrogen) atoms. The predicted octanol–water partition coefficient (Wildman–Crippen LogP) is 1.25. The Bertz CT molecular complexity index is 580. The van der Waals surface area contributed by atoms with E-state index in [1.165, 1.54) is 26.2 Å². The molecule has 0 radical (unpaired) electrons. The Labute approximate surface area is 112 Å². The molecular weight excluding hydrogens is 270 g/mol. The lowest BCUT2D eigenvalue weighted by molar-refractivity contribution is 0.0522. The summed E-state index contributed by atoms with van der Waals surface area (Å²) in [4.78, 5) is 11.7. The van der Waals surface area contributed by atoms with Crippen molar-refractivity contribution in [3.05, 3.63) is 17.7 Å². The van der Waals surface area contributed by atoms with E-state index in [-0.39, 0.29) is 34.3 Å². The van der Waals surface area contributed by atoms with Crippen LogP contribution in [-0.2, 0) is 14.6 Å². The maximum Gasteiger partial charge on any atom is 0.341 e. The number of nitrogen functional groups attached to an aromatic ring is 1. The SMILES string of the molecule is CCOC(=O)c1cc(S(=O)(=O)CC)c(N)cc1OC. The standard InChI is InChI=1S/C12H17NO5S/c1-4-18-12(14)8-6-11(19(15,16)5-2)9(13)7-10(8)17-3/h6-7H,4-5,13H2,1-3H3. The minimum absolute atomic E-state index is 0.0468. The molecule has 0 aromatic heterocycles. The van der Waals surface area contributed by atoms with Crippen molar-refractivity contribution in [2.75, 3.05) is 25.2 Å². The second-order valence-corrected chi connectivity index (χ2v) is 5.96. The number of methoxy groups -OCH3 is 1. The van der Waals surface area contributed by atoms with Gasteiger partial charge in [0.25, 0.3) is 0 Å². The van der Waals surface area contributed by atoms with Crippen LogP contribution in [0, 0.1) is 0 Å². The van der Waals surface area contributed by atoms with Crippen LogP contribution in [0.15, 0.2) is 17.0 Å². The number of benzene rings is 1. The lowest BCUT2D eigenvalue weighted by Crippen LogP contribution is -2.12. The van der Waals surface area contributed by atoms with E-state index in [0.29, 0.717) is 0 Å². The minimum Gasteiger partial charge on any atom is -0.496 e. The van der Waals surface area contributed by atoms with Crippen molar-refractivity contribution in [1.29, 1.82) is 0 Å². The molecule has 0 saturated heterocycles. The van der Waals surface area contributed by atoms with Crippen LogP contribution in [0.5, 0.6) is 5.75 Å². The smallest absolute Gasteiger partial charge is 0.341 e. The van der Waals surface area contributed by atoms with Crippen LogP contribution >= 0.6 is 0 Å². The van der Waals surface area contributed by atoms with Gasteiger partial charge in [-0.3, -0.25) is 0 Å². The number of ether oxygens (including phenoxy) is 2. The summed E-state index contributed by atoms with van der Waals surface area (Å²) in [6.07, 6.45) is 0. The second-order valence-electron chi connectivity index (χ2n) is 3.71. The summed E-state index contributed by atoms with van der Waals surface area (Å²) in [7, 11) is -2.15. The molecule has 0 fully saturated rings. The van der Waals surface area contributed by atoms with Gasteiger partial charge in [-0.1, -0.05) is 6.92 Å². The zero-order valence-corrected chi connectivity index (χ0v) is 11.9. The molecule has 6 nitrogen and oxygen atoms in total. The molecule has 0 aliphatic rings. The number of esters is 1. The van der Waals surface area contributed by atoms with Crippen molar-refractivity contribution in [3.63, 3.8) is 0 Å². The summed E-state index contributed by atoms with van der Waals surface area (Å²) >= 11 is 0. The lowest BCUT2D eigenvalue weighted by atomic mass is 10.2. The van der Waals surface area contributed by atoms with Crippen LogP contribution in [0.2, 0.25) is 0 Å². The van der Waals surface area contributed by atoms with Crippen molar-refractivity contribution in [2.24, 2.45) is 0 Å². The molecule has 0 atom stereocenters. The Balaban J connectivity index is 3.46. The van der Waals surface area contributed by atoms with Gasteiger partial charge in [0.05, 0.1) is 30.1 Å². The molecule has 106 valence electrons. The van der Waals surface area contributed by atoms with Crippen LogP contribution in [0.4, 0.5) is 5.69 Å². The maximum absolute atomic E-state index is 11.9. The quantitative estimate of drug-likeness (QED) is 0.646. The number of carbonyl (C=O) groups excluding carboxylic acids is 1. The highest BCUT2D eigenvalue weighted by molar-refractivity contribution is 7.91. The molecule has 0 aliphatic carbocycles. The van der Waals surface area contributed by atoms with Gasteiger partial charge >= 0.3 is 5.97 Å². The van der Waals surface area contributed by atoms with Gasteiger partial charge in [0.2, 0.25) is 0 Å². The molecule has 0 saturated carbocycles. The van der Waals surface area contributed by atoms with E-state index in [1.54, 1.807) is 6.92 Å². The van der Waals surface area contributed by atoms with E-state index in [1.807, 2.05) is 0 Å². The number of rotatable bonds is 5. The van der Waals surface area contributed by atoms with E-state index >= 15 is 0 Å². The van der Waals surface area contributed by atoms with Crippen LogP contribution in [-0.4, -0.2) is 33.9 Å². The number of carbonyl (C=O) groups is 1. The van der Waals surface area contributed by atoms with Gasteiger partial charge in [0.15, 0.2) is 9.84 Å². The first-order chi connectivity index (χ1) is 8.87. The average Bonchev–Trinajstić information content (AvgIpc) is 2.38. The van der Waals surface area contributed by atoms with Crippen molar-refractivity contribution in [1.82, 2.24) is 0 Å². The van der Waals surface area contributed by atoms with E-state index in [2.05, 4.69) is 0 Å². The number of anilines is 1. The van der Waals surface area contributed by atoms with Gasteiger partial charge in [0, 0.05) is 6.07 Å². The Hall–Kier alpha value is -1.76. The molecule has 7 heteroatoms. The molecule has 2 N–H and O–H groups in total. The fourth-order valence-electron chi connectivity index (χ4n) is 1.54. The van der Waals surface area contributed by atoms with Crippen molar-refractivity contribution in [3.8, 4) is 5.75 Å². The topological polar surface area (TPSA) is 95.7 Å². The van der Waals surface area contributed by atoms with Gasteiger partial charge in [-0.15, -0.1) is 0 Å². The molecule has 0 unspecified atom stereocenters. The average molecular weight is 287 g/mol. The van der Waals surface area contributed by atoms with E-state index in [4.69, 9.17) is 15.2 Å². The lowest BCUT2D eigenvalue weighted by Gasteiger charge is -2.12. The van der Waals surface area contributed by atoms with E-state index in [0.717, 1.165) is 0 Å². The Morgan fingerprint density at radius 3 is 2.42 bits per heavy atom. The number of hydrogen-bond acceptors (Lipinski definition) is 6. The van der Waals surface area contributed by atoms with Gasteiger partial charge < -0.3 is 15.2 Å². The van der Waals surface area contributed by atoms with Crippen LogP contribution < -0.4 is 10.5 Å². The molecule has 0 spiro atoms. The van der Waals surface area contributed by atoms with Gasteiger partial charge in [-0.05, 0) is 13.0 Å². The number of hydrogen-bond donors (Lipinski definition) is 1. The highest BCUT2D eigenvalue weighted by atomic mass is 32.2. The first-order valence-electron chi connectivity index (χ1n) is 5.74. The molecule has 1 rings (SSSR count). The normalized spacial score (nSPS) is 11.1. The zero-order chi connectivity index (χ0) is 14.6. The first-order valence-corrected chi connectivity index (χ1v) is 7.40. The van der Waals surface area contributed by atoms with Crippen LogP contribution in [0.3, 0.4) is 0 Å². The van der Waals surface area contributed by atoms with Crippen molar-refractivity contribution in [2.45, 2.75) is 18.7 Å². The first kappa shape index (κ1) is 15.3. The molecule has 0 amide bonds. The van der Waals surface area contributed by atoms with Crippen molar-refractivity contribution >= 4 is 21.5 Å². The summed E-state index contributed by atoms with van der Waals surface area (Å²) in [6, 6.07) is 2.51. The van der Waals surface area contributed by atoms with E-state index in [9.17, 15) is 13.2 Å². The highest BCUT2D eigenvalue weighted by Crippen LogP contribution is 2.29. The summed E-state index contributed by atoms with van der Waals surface area (Å²) in [5.41, 5.74) is 5.79. The summed E-state index contributed by atoms with van der Waals surface area (Å²) < 4.78 is 33.6. The third-order valence-electron chi connectivity index (χ3n) is 2.54. The van der Waals surface area contributed by atoms with Gasteiger partial charge in [0.1, 0.15) is 11.3 Å². The van der Waals surface area contributed by atoms with Crippen LogP contribution in [0.25, 0.3) is 0 Å². The van der Waals surface area contributed by atoms with Gasteiger partial charge in [-0.2, -0.15) is 0 Å². The maximum atomic E-state index is 11.9. The summed E-state index contributed by atoms with van der Waals surface area (Å²) in [6.45, 7) is 3.34. The van der Waals surface area contributed by atoms with Crippen molar-refractivity contribution < 1.29 is 22.7 Å². The molecule has 0 aliphatic heterocycles. The molecule has 0 heterocycles. The largest absolute Gasteiger partial charge is 0.496 e. The zero-order valence-electron chi connectivity index (χ0n) is 11.1. The highest BCUT2D eigenvalue weighted by Gasteiger charge is 2.22. The fourth-order valence-corrected chi connectivity index (χ4v) is 2.56. The van der Waals surface area contributed by atoms with Crippen LogP contribution in [0.1, 0.15) is 24.2 Å². The van der Waals surface area contributed by atoms with E-state index < -0.39 is 15.8 Å². The fraction of sp³-hybridized carbons (Fsp3) is 0.417. The number of nitrogens with two attached hydrogens (primary N) is 1. The Morgan fingerprint density at radius 2 is 1.95 bits per heavy atom. The monoisotopic (exact) mass is 287 g/mol.